The smallest absolute Gasteiger partial charge is 0.204 e. The molecule has 0 fully saturated rings. The average Bonchev–Trinajstić information content (AvgIpc) is 2.97. The summed E-state index contributed by atoms with van der Waals surface area (Å²) in [4.78, 5) is 11.9. The maximum atomic E-state index is 5.40. The van der Waals surface area contributed by atoms with Gasteiger partial charge in [-0.3, -0.25) is 0 Å². The van der Waals surface area contributed by atoms with E-state index in [1.54, 1.807) is 24.8 Å². The zero-order valence-corrected chi connectivity index (χ0v) is 12.2. The minimum absolute atomic E-state index is 0.679. The fourth-order valence-corrected chi connectivity index (χ4v) is 2.54. The Bertz CT molecular complexity index is 515. The third kappa shape index (κ3) is 3.14. The van der Waals surface area contributed by atoms with Gasteiger partial charge in [-0.05, 0) is 17.9 Å². The Hall–Kier alpha value is -1.82. The second kappa shape index (κ2) is 6.38. The molecule has 0 bridgehead atoms. The summed E-state index contributed by atoms with van der Waals surface area (Å²) in [6.07, 6.45) is 2.54. The summed E-state index contributed by atoms with van der Waals surface area (Å²) in [5, 5.41) is 5.11. The van der Waals surface area contributed by atoms with Crippen LogP contribution in [0.5, 0.6) is 5.75 Å². The van der Waals surface area contributed by atoms with Gasteiger partial charge in [-0.25, -0.2) is 9.97 Å². The average molecular weight is 278 g/mol. The minimum atomic E-state index is 0.679. The lowest BCUT2D eigenvalue weighted by Gasteiger charge is -2.21. The third-order valence-electron chi connectivity index (χ3n) is 2.86. The molecule has 1 N–H and O–H groups in total. The molecule has 2 aromatic heterocycles. The van der Waals surface area contributed by atoms with Crippen molar-refractivity contribution in [2.24, 2.45) is 0 Å². The van der Waals surface area contributed by atoms with Crippen molar-refractivity contribution in [2.75, 3.05) is 38.0 Å². The van der Waals surface area contributed by atoms with E-state index < -0.39 is 0 Å². The molecule has 102 valence electrons. The van der Waals surface area contributed by atoms with Crippen molar-refractivity contribution in [2.45, 2.75) is 6.42 Å². The van der Waals surface area contributed by atoms with Crippen LogP contribution in [0, 0.1) is 0 Å². The highest BCUT2D eigenvalue weighted by molar-refractivity contribution is 7.09. The van der Waals surface area contributed by atoms with Gasteiger partial charge in [0.1, 0.15) is 6.33 Å². The lowest BCUT2D eigenvalue weighted by atomic mass is 10.3. The number of hydrogen-bond acceptors (Lipinski definition) is 6. The molecule has 0 spiro atoms. The SMILES string of the molecule is CNc1ncnc(N(C)CCc2cccs2)c1OC. The number of methoxy groups -OCH3 is 1. The van der Waals surface area contributed by atoms with Crippen LogP contribution in [0.15, 0.2) is 23.8 Å². The number of thiophene rings is 1. The molecule has 0 saturated carbocycles. The maximum absolute atomic E-state index is 5.40. The number of nitrogens with one attached hydrogen (secondary N) is 1. The number of hydrogen-bond donors (Lipinski definition) is 1. The van der Waals surface area contributed by atoms with E-state index >= 15 is 0 Å². The Morgan fingerprint density at radius 3 is 2.89 bits per heavy atom. The van der Waals surface area contributed by atoms with Crippen molar-refractivity contribution in [3.8, 4) is 5.75 Å². The molecule has 2 aromatic rings. The first-order valence-electron chi connectivity index (χ1n) is 6.06. The Kier molecular flexibility index (Phi) is 4.57. The minimum Gasteiger partial charge on any atom is -0.490 e. The molecular weight excluding hydrogens is 260 g/mol. The van der Waals surface area contributed by atoms with Crippen LogP contribution in [0.4, 0.5) is 11.6 Å². The van der Waals surface area contributed by atoms with Crippen LogP contribution < -0.4 is 15.0 Å². The summed E-state index contributed by atoms with van der Waals surface area (Å²) in [6.45, 7) is 0.886. The zero-order valence-electron chi connectivity index (χ0n) is 11.4. The fraction of sp³-hybridized carbons (Fsp3) is 0.385. The number of nitrogens with zero attached hydrogens (tertiary/aromatic N) is 3. The van der Waals surface area contributed by atoms with E-state index in [9.17, 15) is 0 Å². The first-order valence-corrected chi connectivity index (χ1v) is 6.94. The summed E-state index contributed by atoms with van der Waals surface area (Å²) in [6, 6.07) is 4.22. The molecule has 0 radical (unpaired) electrons. The molecule has 0 unspecified atom stereocenters. The van der Waals surface area contributed by atoms with Crippen LogP contribution in [0.2, 0.25) is 0 Å². The van der Waals surface area contributed by atoms with E-state index in [-0.39, 0.29) is 0 Å². The summed E-state index contributed by atoms with van der Waals surface area (Å²) >= 11 is 1.77. The molecule has 2 heterocycles. The highest BCUT2D eigenvalue weighted by Crippen LogP contribution is 2.30. The number of ether oxygens (including phenoxy) is 1. The van der Waals surface area contributed by atoms with Gasteiger partial charge in [-0.15, -0.1) is 11.3 Å². The first-order chi connectivity index (χ1) is 9.26. The Balaban J connectivity index is 2.11. The van der Waals surface area contributed by atoms with Gasteiger partial charge in [-0.1, -0.05) is 6.07 Å². The molecule has 0 atom stereocenters. The van der Waals surface area contributed by atoms with E-state index in [0.717, 1.165) is 18.8 Å². The predicted molar refractivity (Wildman–Crippen MR) is 79.4 cm³/mol. The van der Waals surface area contributed by atoms with Crippen molar-refractivity contribution < 1.29 is 4.74 Å². The summed E-state index contributed by atoms with van der Waals surface area (Å²) in [7, 11) is 5.47. The van der Waals surface area contributed by atoms with Crippen LogP contribution in [0.1, 0.15) is 4.88 Å². The van der Waals surface area contributed by atoms with Gasteiger partial charge in [0.15, 0.2) is 11.6 Å². The van der Waals surface area contributed by atoms with Crippen LogP contribution in [0.25, 0.3) is 0 Å². The highest BCUT2D eigenvalue weighted by Gasteiger charge is 2.14. The van der Waals surface area contributed by atoms with Crippen molar-refractivity contribution in [3.63, 3.8) is 0 Å². The van der Waals surface area contributed by atoms with Crippen LogP contribution >= 0.6 is 11.3 Å². The zero-order chi connectivity index (χ0) is 13.7. The van der Waals surface area contributed by atoms with Gasteiger partial charge in [0.05, 0.1) is 7.11 Å². The monoisotopic (exact) mass is 278 g/mol. The van der Waals surface area contributed by atoms with Crippen LogP contribution in [-0.2, 0) is 6.42 Å². The van der Waals surface area contributed by atoms with Crippen molar-refractivity contribution in [1.82, 2.24) is 9.97 Å². The van der Waals surface area contributed by atoms with E-state index in [2.05, 4.69) is 37.7 Å². The van der Waals surface area contributed by atoms with Crippen molar-refractivity contribution in [3.05, 3.63) is 28.7 Å². The molecular formula is C13H18N4OS. The molecule has 0 saturated heterocycles. The molecule has 0 aliphatic rings. The summed E-state index contributed by atoms with van der Waals surface area (Å²) < 4.78 is 5.40. The largest absolute Gasteiger partial charge is 0.490 e. The molecule has 0 amide bonds. The second-order valence-corrected chi connectivity index (χ2v) is 5.11. The summed E-state index contributed by atoms with van der Waals surface area (Å²) in [5.41, 5.74) is 0. The molecule has 6 heteroatoms. The van der Waals surface area contributed by atoms with E-state index in [0.29, 0.717) is 11.6 Å². The number of aromatic nitrogens is 2. The Morgan fingerprint density at radius 2 is 2.26 bits per heavy atom. The van der Waals surface area contributed by atoms with E-state index in [4.69, 9.17) is 4.74 Å². The van der Waals surface area contributed by atoms with Gasteiger partial charge in [-0.2, -0.15) is 0 Å². The summed E-state index contributed by atoms with van der Waals surface area (Å²) in [5.74, 6) is 2.19. The van der Waals surface area contributed by atoms with E-state index in [1.165, 1.54) is 4.88 Å². The Morgan fingerprint density at radius 1 is 1.42 bits per heavy atom. The third-order valence-corrected chi connectivity index (χ3v) is 3.80. The molecule has 0 aliphatic heterocycles. The lowest BCUT2D eigenvalue weighted by molar-refractivity contribution is 0.413. The molecule has 5 nitrogen and oxygen atoms in total. The molecule has 0 aliphatic carbocycles. The second-order valence-electron chi connectivity index (χ2n) is 4.08. The standard InChI is InChI=1S/C13H18N4OS/c1-14-12-11(18-3)13(16-9-15-12)17(2)7-6-10-5-4-8-19-10/h4-5,8-9H,6-7H2,1-3H3,(H,14,15,16). The van der Waals surface area contributed by atoms with Gasteiger partial charge >= 0.3 is 0 Å². The number of likely N-dealkylation sites (N-methyl/N-ethyl adjacent to an activating group) is 1. The first kappa shape index (κ1) is 13.6. The van der Waals surface area contributed by atoms with Crippen LogP contribution in [0.3, 0.4) is 0 Å². The Labute approximate surface area is 117 Å². The predicted octanol–water partition coefficient (Wildman–Crippen LogP) is 2.27. The van der Waals surface area contributed by atoms with Gasteiger partial charge in [0.25, 0.3) is 0 Å². The number of anilines is 2. The normalized spacial score (nSPS) is 10.3. The number of rotatable bonds is 6. The lowest BCUT2D eigenvalue weighted by Crippen LogP contribution is -2.22. The molecule has 19 heavy (non-hydrogen) atoms. The fourth-order valence-electron chi connectivity index (χ4n) is 1.84. The highest BCUT2D eigenvalue weighted by atomic mass is 32.1. The van der Waals surface area contributed by atoms with Gasteiger partial charge in [0.2, 0.25) is 5.75 Å². The maximum Gasteiger partial charge on any atom is 0.204 e. The quantitative estimate of drug-likeness (QED) is 0.878. The van der Waals surface area contributed by atoms with E-state index in [1.807, 2.05) is 14.1 Å². The van der Waals surface area contributed by atoms with Crippen LogP contribution in [-0.4, -0.2) is 37.7 Å². The van der Waals surface area contributed by atoms with Gasteiger partial charge in [0, 0.05) is 25.5 Å². The van der Waals surface area contributed by atoms with Gasteiger partial charge < -0.3 is 15.0 Å². The topological polar surface area (TPSA) is 50.3 Å². The molecule has 0 aromatic carbocycles. The molecule has 2 rings (SSSR count). The van der Waals surface area contributed by atoms with Crippen molar-refractivity contribution in [1.29, 1.82) is 0 Å². The van der Waals surface area contributed by atoms with Crippen molar-refractivity contribution >= 4 is 23.0 Å².